The van der Waals surface area contributed by atoms with Crippen molar-refractivity contribution in [1.82, 2.24) is 0 Å². The van der Waals surface area contributed by atoms with Crippen LogP contribution in [0.15, 0.2) is 36.4 Å². The predicted octanol–water partition coefficient (Wildman–Crippen LogP) is 6.35. The van der Waals surface area contributed by atoms with E-state index in [4.69, 9.17) is 11.6 Å². The first-order valence-electron chi connectivity index (χ1n) is 6.04. The van der Waals surface area contributed by atoms with Crippen LogP contribution in [0.1, 0.15) is 16.7 Å². The third kappa shape index (κ3) is 3.55. The third-order valence-electron chi connectivity index (χ3n) is 3.01. The fraction of sp³-hybridized carbons (Fsp3) is 0.200. The molecular weight excluding hydrogens is 330 g/mol. The Kier molecular flexibility index (Phi) is 4.17. The van der Waals surface area contributed by atoms with Gasteiger partial charge >= 0.3 is 12.4 Å². The van der Waals surface area contributed by atoms with Gasteiger partial charge in [-0.05, 0) is 42.3 Å². The van der Waals surface area contributed by atoms with Crippen molar-refractivity contribution < 1.29 is 26.3 Å². The summed E-state index contributed by atoms with van der Waals surface area (Å²) < 4.78 is 76.1. The van der Waals surface area contributed by atoms with Gasteiger partial charge in [0.25, 0.3) is 0 Å². The van der Waals surface area contributed by atoms with Crippen molar-refractivity contribution in [3.8, 4) is 11.1 Å². The molecule has 0 heterocycles. The molecule has 0 N–H and O–H groups in total. The minimum Gasteiger partial charge on any atom is -0.166 e. The molecule has 2 aromatic rings. The Morgan fingerprint density at radius 2 is 1.36 bits per heavy atom. The highest BCUT2D eigenvalue weighted by atomic mass is 35.5. The van der Waals surface area contributed by atoms with Gasteiger partial charge in [-0.2, -0.15) is 26.3 Å². The van der Waals surface area contributed by atoms with Crippen molar-refractivity contribution in [2.24, 2.45) is 0 Å². The van der Waals surface area contributed by atoms with E-state index in [-0.39, 0.29) is 16.1 Å². The summed E-state index contributed by atoms with van der Waals surface area (Å²) in [5, 5.41) is -0.256. The van der Waals surface area contributed by atoms with Crippen molar-refractivity contribution >= 4 is 11.6 Å². The Balaban J connectivity index is 2.55. The second-order valence-electron chi connectivity index (χ2n) is 4.78. The zero-order chi connectivity index (χ0) is 16.7. The van der Waals surface area contributed by atoms with Gasteiger partial charge in [0.15, 0.2) is 0 Å². The van der Waals surface area contributed by atoms with Gasteiger partial charge in [-0.1, -0.05) is 23.7 Å². The summed E-state index contributed by atoms with van der Waals surface area (Å²) in [5.74, 6) is 0. The molecule has 0 nitrogen and oxygen atoms in total. The van der Waals surface area contributed by atoms with Crippen LogP contribution in [0.25, 0.3) is 11.1 Å². The van der Waals surface area contributed by atoms with Crippen LogP contribution in [-0.4, -0.2) is 0 Å². The number of alkyl halides is 6. The monoisotopic (exact) mass is 338 g/mol. The van der Waals surface area contributed by atoms with Crippen molar-refractivity contribution in [2.45, 2.75) is 19.3 Å². The summed E-state index contributed by atoms with van der Waals surface area (Å²) in [6.07, 6.45) is -9.11. The molecule has 2 rings (SSSR count). The first kappa shape index (κ1) is 16.7. The highest BCUT2D eigenvalue weighted by Gasteiger charge is 2.32. The quantitative estimate of drug-likeness (QED) is 0.531. The van der Waals surface area contributed by atoms with E-state index in [1.165, 1.54) is 13.0 Å². The van der Waals surface area contributed by atoms with Gasteiger partial charge in [0, 0.05) is 10.6 Å². The summed E-state index contributed by atoms with van der Waals surface area (Å²) in [6.45, 7) is 1.47. The van der Waals surface area contributed by atoms with Crippen LogP contribution in [0.3, 0.4) is 0 Å². The van der Waals surface area contributed by atoms with E-state index in [0.717, 1.165) is 24.3 Å². The second-order valence-corrected chi connectivity index (χ2v) is 5.19. The zero-order valence-corrected chi connectivity index (χ0v) is 11.9. The molecule has 0 radical (unpaired) electrons. The molecule has 118 valence electrons. The summed E-state index contributed by atoms with van der Waals surface area (Å²) in [6, 6.07) is 5.82. The number of rotatable bonds is 1. The molecule has 0 saturated heterocycles. The van der Waals surface area contributed by atoms with Gasteiger partial charge < -0.3 is 0 Å². The molecule has 0 aromatic heterocycles. The van der Waals surface area contributed by atoms with Crippen molar-refractivity contribution in [2.75, 3.05) is 0 Å². The molecule has 7 heteroatoms. The largest absolute Gasteiger partial charge is 0.416 e. The maximum Gasteiger partial charge on any atom is 0.416 e. The van der Waals surface area contributed by atoms with Gasteiger partial charge in [0.05, 0.1) is 11.1 Å². The van der Waals surface area contributed by atoms with Crippen molar-refractivity contribution in [1.29, 1.82) is 0 Å². The van der Waals surface area contributed by atoms with Crippen molar-refractivity contribution in [3.05, 3.63) is 58.1 Å². The molecule has 0 spiro atoms. The van der Waals surface area contributed by atoms with E-state index >= 15 is 0 Å². The lowest BCUT2D eigenvalue weighted by Gasteiger charge is -2.13. The molecule has 0 aliphatic carbocycles. The molecule has 0 bridgehead atoms. The molecule has 0 unspecified atom stereocenters. The molecule has 0 amide bonds. The first-order valence-corrected chi connectivity index (χ1v) is 6.42. The molecule has 0 atom stereocenters. The Morgan fingerprint density at radius 3 is 1.86 bits per heavy atom. The van der Waals surface area contributed by atoms with Gasteiger partial charge in [-0.15, -0.1) is 0 Å². The highest BCUT2D eigenvalue weighted by molar-refractivity contribution is 6.33. The maximum atomic E-state index is 12.8. The number of halogens is 7. The smallest absolute Gasteiger partial charge is 0.166 e. The fourth-order valence-corrected chi connectivity index (χ4v) is 2.32. The summed E-state index contributed by atoms with van der Waals surface area (Å²) in [7, 11) is 0. The molecule has 22 heavy (non-hydrogen) atoms. The van der Waals surface area contributed by atoms with Crippen molar-refractivity contribution in [3.63, 3.8) is 0 Å². The Labute approximate surface area is 127 Å². The highest BCUT2D eigenvalue weighted by Crippen LogP contribution is 2.38. The SMILES string of the molecule is Cc1cc(-c2ccc(C(F)(F)F)cc2Cl)cc(C(F)(F)F)c1. The standard InChI is InChI=1S/C15H9ClF6/c1-8-4-9(6-11(5-8)15(20,21)22)12-3-2-10(7-13(12)16)14(17,18)19/h2-7H,1H3. The molecule has 0 aliphatic rings. The lowest BCUT2D eigenvalue weighted by atomic mass is 9.99. The maximum absolute atomic E-state index is 12.8. The van der Waals surface area contributed by atoms with Crippen LogP contribution in [-0.2, 0) is 12.4 Å². The van der Waals surface area contributed by atoms with Crippen LogP contribution >= 0.6 is 11.6 Å². The number of hydrogen-bond acceptors (Lipinski definition) is 0. The Hall–Kier alpha value is -1.69. The van der Waals surface area contributed by atoms with Crippen LogP contribution in [0.4, 0.5) is 26.3 Å². The minimum atomic E-state index is -4.56. The summed E-state index contributed by atoms with van der Waals surface area (Å²) >= 11 is 5.81. The van der Waals surface area contributed by atoms with E-state index in [1.807, 2.05) is 0 Å². The Bertz CT molecular complexity index is 700. The average molecular weight is 339 g/mol. The van der Waals surface area contributed by atoms with E-state index in [2.05, 4.69) is 0 Å². The van der Waals surface area contributed by atoms with Crippen LogP contribution in [0.5, 0.6) is 0 Å². The molecule has 0 saturated carbocycles. The summed E-state index contributed by atoms with van der Waals surface area (Å²) in [5.41, 5.74) is -1.26. The van der Waals surface area contributed by atoms with Gasteiger partial charge in [-0.25, -0.2) is 0 Å². The summed E-state index contributed by atoms with van der Waals surface area (Å²) in [4.78, 5) is 0. The van der Waals surface area contributed by atoms with E-state index < -0.39 is 23.5 Å². The average Bonchev–Trinajstić information content (AvgIpc) is 2.35. The topological polar surface area (TPSA) is 0 Å². The van der Waals surface area contributed by atoms with Crippen LogP contribution < -0.4 is 0 Å². The second kappa shape index (κ2) is 5.50. The van der Waals surface area contributed by atoms with Gasteiger partial charge in [0.1, 0.15) is 0 Å². The van der Waals surface area contributed by atoms with Gasteiger partial charge in [0.2, 0.25) is 0 Å². The van der Waals surface area contributed by atoms with Crippen LogP contribution in [0, 0.1) is 6.92 Å². The first-order chi connectivity index (χ1) is 9.98. The molecule has 2 aromatic carbocycles. The number of hydrogen-bond donors (Lipinski definition) is 0. The lowest BCUT2D eigenvalue weighted by Crippen LogP contribution is -2.06. The predicted molar refractivity (Wildman–Crippen MR) is 71.6 cm³/mol. The fourth-order valence-electron chi connectivity index (χ4n) is 2.03. The van der Waals surface area contributed by atoms with Gasteiger partial charge in [-0.3, -0.25) is 0 Å². The molecular formula is C15H9ClF6. The zero-order valence-electron chi connectivity index (χ0n) is 11.1. The van der Waals surface area contributed by atoms with Crippen LogP contribution in [0.2, 0.25) is 5.02 Å². The number of aryl methyl sites for hydroxylation is 1. The normalized spacial score (nSPS) is 12.5. The van der Waals surface area contributed by atoms with E-state index in [9.17, 15) is 26.3 Å². The van der Waals surface area contributed by atoms with E-state index in [0.29, 0.717) is 11.6 Å². The molecule has 0 fully saturated rings. The Morgan fingerprint density at radius 1 is 0.773 bits per heavy atom. The minimum absolute atomic E-state index is 0.115. The lowest BCUT2D eigenvalue weighted by molar-refractivity contribution is -0.138. The third-order valence-corrected chi connectivity index (χ3v) is 3.32. The van der Waals surface area contributed by atoms with E-state index in [1.54, 1.807) is 0 Å². The number of benzene rings is 2. The molecule has 0 aliphatic heterocycles.